The molecule has 1 heterocycles. The van der Waals surface area contributed by atoms with Gasteiger partial charge in [0.1, 0.15) is 24.1 Å². The number of carbonyl (C=O) groups is 3. The molecule has 10 nitrogen and oxygen atoms in total. The lowest BCUT2D eigenvalue weighted by atomic mass is 10.0. The van der Waals surface area contributed by atoms with Gasteiger partial charge in [0.15, 0.2) is 5.69 Å². The van der Waals surface area contributed by atoms with E-state index in [0.717, 1.165) is 6.42 Å². The summed E-state index contributed by atoms with van der Waals surface area (Å²) in [5.74, 6) is 0.0729. The standard InChI is InChI=1S/C26H38N4O6/c1-8-17(4)15-30-20(24-21(34-5)10-9-11-22(24)35-6)13-19(29-30)26(33)28-18(12-16(2)3)25(32)27-14-23(31)36-7/h9-11,13,16-18H,8,12,14-15H2,1-7H3,(H,27,32)(H,28,33). The highest BCUT2D eigenvalue weighted by molar-refractivity contribution is 5.97. The number of amides is 2. The smallest absolute Gasteiger partial charge is 0.325 e. The molecule has 0 aliphatic heterocycles. The zero-order valence-corrected chi connectivity index (χ0v) is 22.2. The number of carbonyl (C=O) groups excluding carboxylic acids is 3. The minimum absolute atomic E-state index is 0.121. The Morgan fingerprint density at radius 3 is 2.22 bits per heavy atom. The summed E-state index contributed by atoms with van der Waals surface area (Å²) in [6, 6.07) is 6.31. The largest absolute Gasteiger partial charge is 0.496 e. The predicted octanol–water partition coefficient (Wildman–Crippen LogP) is 3.05. The van der Waals surface area contributed by atoms with Crippen molar-refractivity contribution in [1.29, 1.82) is 0 Å². The Kier molecular flexibility index (Phi) is 10.8. The molecule has 0 saturated carbocycles. The van der Waals surface area contributed by atoms with Gasteiger partial charge in [-0.2, -0.15) is 5.10 Å². The maximum Gasteiger partial charge on any atom is 0.325 e. The van der Waals surface area contributed by atoms with Gasteiger partial charge < -0.3 is 24.8 Å². The number of rotatable bonds is 13. The predicted molar refractivity (Wildman–Crippen MR) is 136 cm³/mol. The molecule has 2 rings (SSSR count). The molecule has 0 aliphatic rings. The normalized spacial score (nSPS) is 12.6. The summed E-state index contributed by atoms with van der Waals surface area (Å²) < 4.78 is 17.5. The van der Waals surface area contributed by atoms with Crippen molar-refractivity contribution in [3.8, 4) is 22.8 Å². The van der Waals surface area contributed by atoms with Crippen LogP contribution in [0.2, 0.25) is 0 Å². The quantitative estimate of drug-likeness (QED) is 0.404. The Balaban J connectivity index is 2.43. The van der Waals surface area contributed by atoms with Crippen LogP contribution in [0.15, 0.2) is 24.3 Å². The van der Waals surface area contributed by atoms with Crippen LogP contribution in [0.5, 0.6) is 11.5 Å². The fraction of sp³-hybridized carbons (Fsp3) is 0.538. The Labute approximate surface area is 212 Å². The molecule has 0 saturated heterocycles. The van der Waals surface area contributed by atoms with E-state index in [-0.39, 0.29) is 18.2 Å². The van der Waals surface area contributed by atoms with Crippen molar-refractivity contribution < 1.29 is 28.6 Å². The summed E-state index contributed by atoms with van der Waals surface area (Å²) in [6.07, 6.45) is 1.32. The maximum absolute atomic E-state index is 13.3. The Hall–Kier alpha value is -3.56. The van der Waals surface area contributed by atoms with Crippen LogP contribution in [0.4, 0.5) is 0 Å². The highest BCUT2D eigenvalue weighted by atomic mass is 16.5. The first-order valence-corrected chi connectivity index (χ1v) is 12.1. The molecule has 0 radical (unpaired) electrons. The van der Waals surface area contributed by atoms with Crippen LogP contribution in [0.25, 0.3) is 11.3 Å². The van der Waals surface area contributed by atoms with Gasteiger partial charge >= 0.3 is 5.97 Å². The number of aromatic nitrogens is 2. The van der Waals surface area contributed by atoms with Crippen molar-refractivity contribution in [3.05, 3.63) is 30.0 Å². The van der Waals surface area contributed by atoms with Gasteiger partial charge in [-0.1, -0.05) is 40.2 Å². The van der Waals surface area contributed by atoms with Crippen LogP contribution in [-0.2, 0) is 20.9 Å². The van der Waals surface area contributed by atoms with Crippen molar-refractivity contribution in [1.82, 2.24) is 20.4 Å². The van der Waals surface area contributed by atoms with Gasteiger partial charge in [0.2, 0.25) is 5.91 Å². The first kappa shape index (κ1) is 28.7. The molecular formula is C26H38N4O6. The van der Waals surface area contributed by atoms with Gasteiger partial charge in [-0.05, 0) is 36.5 Å². The SMILES string of the molecule is CCC(C)Cn1nc(C(=O)NC(CC(C)C)C(=O)NCC(=O)OC)cc1-c1c(OC)cccc1OC. The van der Waals surface area contributed by atoms with E-state index in [4.69, 9.17) is 9.47 Å². The zero-order chi connectivity index (χ0) is 26.8. The Morgan fingerprint density at radius 2 is 1.69 bits per heavy atom. The summed E-state index contributed by atoms with van der Waals surface area (Å²) >= 11 is 0. The van der Waals surface area contributed by atoms with Crippen molar-refractivity contribution >= 4 is 17.8 Å². The van der Waals surface area contributed by atoms with Gasteiger partial charge in [0, 0.05) is 6.54 Å². The number of hydrogen-bond acceptors (Lipinski definition) is 7. The highest BCUT2D eigenvalue weighted by Crippen LogP contribution is 2.38. The number of methoxy groups -OCH3 is 3. The van der Waals surface area contributed by atoms with Crippen molar-refractivity contribution in [2.24, 2.45) is 11.8 Å². The second kappa shape index (κ2) is 13.5. The number of benzene rings is 1. The average molecular weight is 503 g/mol. The van der Waals surface area contributed by atoms with E-state index in [0.29, 0.717) is 41.6 Å². The van der Waals surface area contributed by atoms with Crippen LogP contribution in [0.3, 0.4) is 0 Å². The molecule has 36 heavy (non-hydrogen) atoms. The van der Waals surface area contributed by atoms with E-state index in [1.165, 1.54) is 7.11 Å². The molecule has 2 unspecified atom stereocenters. The summed E-state index contributed by atoms with van der Waals surface area (Å²) in [5.41, 5.74) is 1.52. The maximum atomic E-state index is 13.3. The van der Waals surface area contributed by atoms with E-state index < -0.39 is 23.8 Å². The molecule has 0 fully saturated rings. The molecule has 0 spiro atoms. The van der Waals surface area contributed by atoms with Crippen LogP contribution in [-0.4, -0.2) is 61.5 Å². The molecule has 2 N–H and O–H groups in total. The fourth-order valence-corrected chi connectivity index (χ4v) is 3.69. The van der Waals surface area contributed by atoms with Gasteiger partial charge in [-0.25, -0.2) is 0 Å². The minimum Gasteiger partial charge on any atom is -0.496 e. The summed E-state index contributed by atoms with van der Waals surface area (Å²) in [7, 11) is 4.39. The summed E-state index contributed by atoms with van der Waals surface area (Å²) in [4.78, 5) is 37.4. The van der Waals surface area contributed by atoms with Gasteiger partial charge in [-0.15, -0.1) is 0 Å². The second-order valence-electron chi connectivity index (χ2n) is 9.10. The first-order valence-electron chi connectivity index (χ1n) is 12.1. The van der Waals surface area contributed by atoms with Crippen LogP contribution in [0, 0.1) is 11.8 Å². The first-order chi connectivity index (χ1) is 17.1. The number of ether oxygens (including phenoxy) is 3. The third-order valence-corrected chi connectivity index (χ3v) is 5.84. The molecule has 10 heteroatoms. The third kappa shape index (κ3) is 7.47. The van der Waals surface area contributed by atoms with Crippen molar-refractivity contribution in [3.63, 3.8) is 0 Å². The molecule has 1 aromatic heterocycles. The number of esters is 1. The van der Waals surface area contributed by atoms with E-state index in [1.54, 1.807) is 25.0 Å². The van der Waals surface area contributed by atoms with E-state index >= 15 is 0 Å². The lowest BCUT2D eigenvalue weighted by Crippen LogP contribution is -2.48. The number of nitrogens with one attached hydrogen (secondary N) is 2. The molecule has 2 amide bonds. The molecule has 2 atom stereocenters. The number of nitrogens with zero attached hydrogens (tertiary/aromatic N) is 2. The van der Waals surface area contributed by atoms with E-state index in [1.807, 2.05) is 32.0 Å². The summed E-state index contributed by atoms with van der Waals surface area (Å²) in [5, 5.41) is 9.89. The fourth-order valence-electron chi connectivity index (χ4n) is 3.69. The zero-order valence-electron chi connectivity index (χ0n) is 22.2. The van der Waals surface area contributed by atoms with Gasteiger partial charge in [-0.3, -0.25) is 19.1 Å². The van der Waals surface area contributed by atoms with Crippen molar-refractivity contribution in [2.45, 2.75) is 53.1 Å². The molecular weight excluding hydrogens is 464 g/mol. The molecule has 198 valence electrons. The molecule has 2 aromatic rings. The summed E-state index contributed by atoms with van der Waals surface area (Å²) in [6.45, 7) is 8.39. The Bertz CT molecular complexity index is 1030. The topological polar surface area (TPSA) is 121 Å². The van der Waals surface area contributed by atoms with Crippen LogP contribution < -0.4 is 20.1 Å². The Morgan fingerprint density at radius 1 is 1.06 bits per heavy atom. The van der Waals surface area contributed by atoms with E-state index in [9.17, 15) is 14.4 Å². The van der Waals surface area contributed by atoms with Gasteiger partial charge in [0.25, 0.3) is 5.91 Å². The minimum atomic E-state index is -0.842. The number of hydrogen-bond donors (Lipinski definition) is 2. The molecule has 1 aromatic carbocycles. The van der Waals surface area contributed by atoms with E-state index in [2.05, 4.69) is 34.3 Å². The third-order valence-electron chi connectivity index (χ3n) is 5.84. The van der Waals surface area contributed by atoms with Crippen LogP contribution in [0.1, 0.15) is 51.0 Å². The monoisotopic (exact) mass is 502 g/mol. The second-order valence-corrected chi connectivity index (χ2v) is 9.10. The molecule has 0 bridgehead atoms. The average Bonchev–Trinajstić information content (AvgIpc) is 3.28. The van der Waals surface area contributed by atoms with Gasteiger partial charge in [0.05, 0.1) is 32.6 Å². The van der Waals surface area contributed by atoms with Crippen LogP contribution >= 0.6 is 0 Å². The molecule has 0 aliphatic carbocycles. The lowest BCUT2D eigenvalue weighted by Gasteiger charge is -2.19. The van der Waals surface area contributed by atoms with Crippen molar-refractivity contribution in [2.75, 3.05) is 27.9 Å². The highest BCUT2D eigenvalue weighted by Gasteiger charge is 2.26. The lowest BCUT2D eigenvalue weighted by molar-refractivity contribution is -0.141.